The van der Waals surface area contributed by atoms with Crippen LogP contribution in [0.1, 0.15) is 39.0 Å². The van der Waals surface area contributed by atoms with Gasteiger partial charge in [-0.1, -0.05) is 0 Å². The molecule has 1 unspecified atom stereocenters. The van der Waals surface area contributed by atoms with Gasteiger partial charge >= 0.3 is 0 Å². The summed E-state index contributed by atoms with van der Waals surface area (Å²) < 4.78 is 11.0. The Kier molecular flexibility index (Phi) is 7.81. The molecule has 1 N–H and O–H groups in total. The zero-order chi connectivity index (χ0) is 11.6. The van der Waals surface area contributed by atoms with E-state index in [1.54, 1.807) is 0 Å². The van der Waals surface area contributed by atoms with Crippen molar-refractivity contribution in [1.29, 1.82) is 0 Å². The van der Waals surface area contributed by atoms with Crippen molar-refractivity contribution in [3.63, 3.8) is 0 Å². The van der Waals surface area contributed by atoms with Gasteiger partial charge in [-0.25, -0.2) is 0 Å². The summed E-state index contributed by atoms with van der Waals surface area (Å²) in [6.07, 6.45) is 6.05. The average molecular weight is 229 g/mol. The van der Waals surface area contributed by atoms with Gasteiger partial charge in [-0.15, -0.1) is 0 Å². The molecule has 0 amide bonds. The van der Waals surface area contributed by atoms with E-state index in [9.17, 15) is 0 Å². The van der Waals surface area contributed by atoms with E-state index >= 15 is 0 Å². The molecular weight excluding hydrogens is 202 g/mol. The van der Waals surface area contributed by atoms with Gasteiger partial charge in [0.1, 0.15) is 0 Å². The largest absolute Gasteiger partial charge is 0.381 e. The van der Waals surface area contributed by atoms with Crippen LogP contribution in [0.4, 0.5) is 0 Å². The second-order valence-electron chi connectivity index (χ2n) is 4.82. The van der Waals surface area contributed by atoms with Crippen LogP contribution in [-0.4, -0.2) is 39.5 Å². The number of hydrogen-bond donors (Lipinski definition) is 1. The van der Waals surface area contributed by atoms with Crippen LogP contribution in [0.5, 0.6) is 0 Å². The van der Waals surface area contributed by atoms with E-state index < -0.39 is 0 Å². The molecule has 16 heavy (non-hydrogen) atoms. The van der Waals surface area contributed by atoms with Gasteiger partial charge in [-0.05, 0) is 52.0 Å². The highest BCUT2D eigenvalue weighted by molar-refractivity contribution is 4.62. The molecule has 96 valence electrons. The van der Waals surface area contributed by atoms with Crippen molar-refractivity contribution in [2.75, 3.05) is 33.5 Å². The summed E-state index contributed by atoms with van der Waals surface area (Å²) in [6.45, 7) is 5.93. The Labute approximate surface area is 99.9 Å². The van der Waals surface area contributed by atoms with Crippen LogP contribution in [0.2, 0.25) is 0 Å². The Balaban J connectivity index is 1.84. The number of unbranched alkanes of at least 4 members (excludes halogenated alkanes) is 1. The summed E-state index contributed by atoms with van der Waals surface area (Å²) in [5.74, 6) is 0.741. The predicted octanol–water partition coefficient (Wildman–Crippen LogP) is 2.21. The second-order valence-corrected chi connectivity index (χ2v) is 4.82. The Bertz CT molecular complexity index is 158. The first-order chi connectivity index (χ1) is 7.83. The zero-order valence-electron chi connectivity index (χ0n) is 10.8. The Morgan fingerprint density at radius 1 is 1.31 bits per heavy atom. The van der Waals surface area contributed by atoms with Crippen LogP contribution < -0.4 is 5.32 Å². The molecule has 1 fully saturated rings. The van der Waals surface area contributed by atoms with Crippen LogP contribution in [-0.2, 0) is 9.47 Å². The molecule has 1 aliphatic rings. The summed E-state index contributed by atoms with van der Waals surface area (Å²) in [6, 6.07) is 0.635. The first kappa shape index (κ1) is 13.9. The van der Waals surface area contributed by atoms with E-state index in [0.717, 1.165) is 32.3 Å². The maximum Gasteiger partial charge on any atom is 0.0495 e. The quantitative estimate of drug-likeness (QED) is 0.647. The standard InChI is InChI=1S/C13H27NO2/c1-12(14-2)5-3-4-8-16-11-13-6-9-15-10-7-13/h12-14H,3-11H2,1-2H3. The van der Waals surface area contributed by atoms with Gasteiger partial charge in [0.05, 0.1) is 0 Å². The topological polar surface area (TPSA) is 30.5 Å². The highest BCUT2D eigenvalue weighted by atomic mass is 16.5. The first-order valence-electron chi connectivity index (χ1n) is 6.65. The fourth-order valence-corrected chi connectivity index (χ4v) is 1.96. The van der Waals surface area contributed by atoms with Gasteiger partial charge in [-0.3, -0.25) is 0 Å². The van der Waals surface area contributed by atoms with Crippen molar-refractivity contribution in [3.8, 4) is 0 Å². The minimum atomic E-state index is 0.635. The zero-order valence-corrected chi connectivity index (χ0v) is 10.8. The van der Waals surface area contributed by atoms with Crippen LogP contribution in [0, 0.1) is 5.92 Å². The fraction of sp³-hybridized carbons (Fsp3) is 1.00. The number of ether oxygens (including phenoxy) is 2. The minimum Gasteiger partial charge on any atom is -0.381 e. The molecule has 0 spiro atoms. The Morgan fingerprint density at radius 3 is 2.75 bits per heavy atom. The lowest BCUT2D eigenvalue weighted by Gasteiger charge is -2.21. The molecular formula is C13H27NO2. The number of rotatable bonds is 8. The minimum absolute atomic E-state index is 0.635. The summed E-state index contributed by atoms with van der Waals surface area (Å²) >= 11 is 0. The second kappa shape index (κ2) is 8.97. The normalized spacial score (nSPS) is 19.9. The molecule has 0 radical (unpaired) electrons. The van der Waals surface area contributed by atoms with E-state index in [0.29, 0.717) is 6.04 Å². The van der Waals surface area contributed by atoms with E-state index in [-0.39, 0.29) is 0 Å². The highest BCUT2D eigenvalue weighted by Crippen LogP contribution is 2.14. The van der Waals surface area contributed by atoms with Crippen molar-refractivity contribution in [2.45, 2.75) is 45.1 Å². The number of nitrogens with one attached hydrogen (secondary N) is 1. The van der Waals surface area contributed by atoms with Gasteiger partial charge in [0.2, 0.25) is 0 Å². The molecule has 1 saturated heterocycles. The summed E-state index contributed by atoms with van der Waals surface area (Å²) in [5.41, 5.74) is 0. The van der Waals surface area contributed by atoms with E-state index in [2.05, 4.69) is 12.2 Å². The van der Waals surface area contributed by atoms with Gasteiger partial charge in [0.25, 0.3) is 0 Å². The summed E-state index contributed by atoms with van der Waals surface area (Å²) in [7, 11) is 2.02. The lowest BCUT2D eigenvalue weighted by Crippen LogP contribution is -2.21. The van der Waals surface area contributed by atoms with E-state index in [4.69, 9.17) is 9.47 Å². The number of hydrogen-bond acceptors (Lipinski definition) is 3. The monoisotopic (exact) mass is 229 g/mol. The van der Waals surface area contributed by atoms with Crippen LogP contribution in [0.3, 0.4) is 0 Å². The van der Waals surface area contributed by atoms with Crippen molar-refractivity contribution in [2.24, 2.45) is 5.92 Å². The van der Waals surface area contributed by atoms with Crippen molar-refractivity contribution in [3.05, 3.63) is 0 Å². The third-order valence-corrected chi connectivity index (χ3v) is 3.36. The van der Waals surface area contributed by atoms with Crippen LogP contribution in [0.25, 0.3) is 0 Å². The molecule has 3 nitrogen and oxygen atoms in total. The molecule has 0 aromatic rings. The Hall–Kier alpha value is -0.120. The summed E-state index contributed by atoms with van der Waals surface area (Å²) in [5, 5.41) is 3.25. The fourth-order valence-electron chi connectivity index (χ4n) is 1.96. The van der Waals surface area contributed by atoms with Crippen molar-refractivity contribution >= 4 is 0 Å². The lowest BCUT2D eigenvalue weighted by atomic mass is 10.0. The van der Waals surface area contributed by atoms with Gasteiger partial charge < -0.3 is 14.8 Å². The van der Waals surface area contributed by atoms with Gasteiger partial charge in [0, 0.05) is 32.5 Å². The molecule has 3 heteroatoms. The maximum atomic E-state index is 5.71. The smallest absolute Gasteiger partial charge is 0.0495 e. The molecule has 0 aromatic carbocycles. The SMILES string of the molecule is CNC(C)CCCCOCC1CCOCC1. The van der Waals surface area contributed by atoms with Crippen LogP contribution in [0.15, 0.2) is 0 Å². The molecule has 1 heterocycles. The highest BCUT2D eigenvalue weighted by Gasteiger charge is 2.13. The van der Waals surface area contributed by atoms with Crippen molar-refractivity contribution in [1.82, 2.24) is 5.32 Å². The Morgan fingerprint density at radius 2 is 2.06 bits per heavy atom. The van der Waals surface area contributed by atoms with Gasteiger partial charge in [-0.2, -0.15) is 0 Å². The van der Waals surface area contributed by atoms with E-state index in [1.807, 2.05) is 7.05 Å². The molecule has 0 bridgehead atoms. The van der Waals surface area contributed by atoms with Crippen LogP contribution >= 0.6 is 0 Å². The van der Waals surface area contributed by atoms with E-state index in [1.165, 1.54) is 32.1 Å². The third-order valence-electron chi connectivity index (χ3n) is 3.36. The lowest BCUT2D eigenvalue weighted by molar-refractivity contribution is 0.0197. The first-order valence-corrected chi connectivity index (χ1v) is 6.65. The molecule has 1 aliphatic heterocycles. The average Bonchev–Trinajstić information content (AvgIpc) is 2.34. The molecule has 1 rings (SSSR count). The molecule has 0 aliphatic carbocycles. The maximum absolute atomic E-state index is 5.71. The van der Waals surface area contributed by atoms with Gasteiger partial charge in [0.15, 0.2) is 0 Å². The van der Waals surface area contributed by atoms with Crippen molar-refractivity contribution < 1.29 is 9.47 Å². The molecule has 1 atom stereocenters. The predicted molar refractivity (Wildman–Crippen MR) is 66.7 cm³/mol. The molecule has 0 aromatic heterocycles. The summed E-state index contributed by atoms with van der Waals surface area (Å²) in [4.78, 5) is 0. The molecule has 0 saturated carbocycles. The third kappa shape index (κ3) is 6.46.